The second-order valence-electron chi connectivity index (χ2n) is 5.20. The van der Waals surface area contributed by atoms with Gasteiger partial charge in [-0.1, -0.05) is 24.6 Å². The van der Waals surface area contributed by atoms with Crippen LogP contribution >= 0.6 is 0 Å². The van der Waals surface area contributed by atoms with Crippen molar-refractivity contribution in [1.82, 2.24) is 5.32 Å². The highest BCUT2D eigenvalue weighted by molar-refractivity contribution is 5.42. The third-order valence-electron chi connectivity index (χ3n) is 3.22. The van der Waals surface area contributed by atoms with Crippen molar-refractivity contribution in [3.8, 4) is 5.75 Å². The van der Waals surface area contributed by atoms with Crippen molar-refractivity contribution in [1.29, 1.82) is 0 Å². The van der Waals surface area contributed by atoms with Crippen molar-refractivity contribution in [2.45, 2.75) is 46.6 Å². The maximum Gasteiger partial charge on any atom is 0.125 e. The molecule has 1 rings (SSSR count). The Bertz CT molecular complexity index is 367. The fraction of sp³-hybridized carbons (Fsp3) is 0.625. The van der Waals surface area contributed by atoms with Crippen molar-refractivity contribution in [2.24, 2.45) is 0 Å². The standard InChI is InChI=1S/C16H27NO2/c1-5-7-17-15(11-18)6-8-19-16-13(3)9-12(2)10-14(16)4/h9-10,15,17-18H,5-8,11H2,1-4H3. The monoisotopic (exact) mass is 265 g/mol. The molecule has 0 aliphatic rings. The van der Waals surface area contributed by atoms with Crippen LogP contribution in [0.3, 0.4) is 0 Å². The normalized spacial score (nSPS) is 12.5. The van der Waals surface area contributed by atoms with Gasteiger partial charge in [-0.25, -0.2) is 0 Å². The lowest BCUT2D eigenvalue weighted by Gasteiger charge is -2.18. The van der Waals surface area contributed by atoms with Gasteiger partial charge in [-0.05, 0) is 51.3 Å². The summed E-state index contributed by atoms with van der Waals surface area (Å²) in [4.78, 5) is 0. The second-order valence-corrected chi connectivity index (χ2v) is 5.20. The molecule has 0 saturated heterocycles. The van der Waals surface area contributed by atoms with Gasteiger partial charge in [0.25, 0.3) is 0 Å². The summed E-state index contributed by atoms with van der Waals surface area (Å²) in [6.07, 6.45) is 1.90. The van der Waals surface area contributed by atoms with Crippen LogP contribution in [-0.2, 0) is 0 Å². The van der Waals surface area contributed by atoms with E-state index in [1.54, 1.807) is 0 Å². The smallest absolute Gasteiger partial charge is 0.125 e. The molecule has 0 bridgehead atoms. The van der Waals surface area contributed by atoms with Gasteiger partial charge in [0.15, 0.2) is 0 Å². The molecule has 1 atom stereocenters. The summed E-state index contributed by atoms with van der Waals surface area (Å²) in [6.45, 7) is 10.1. The maximum atomic E-state index is 9.28. The Morgan fingerprint density at radius 1 is 1.21 bits per heavy atom. The Morgan fingerprint density at radius 2 is 1.84 bits per heavy atom. The number of aryl methyl sites for hydroxylation is 3. The molecule has 0 spiro atoms. The number of aliphatic hydroxyl groups is 1. The molecule has 1 aromatic carbocycles. The number of aliphatic hydroxyl groups excluding tert-OH is 1. The fourth-order valence-corrected chi connectivity index (χ4v) is 2.30. The molecule has 0 saturated carbocycles. The van der Waals surface area contributed by atoms with Crippen LogP contribution in [0.25, 0.3) is 0 Å². The van der Waals surface area contributed by atoms with Crippen LogP contribution in [0.1, 0.15) is 36.5 Å². The first-order valence-corrected chi connectivity index (χ1v) is 7.13. The first-order valence-electron chi connectivity index (χ1n) is 7.13. The average Bonchev–Trinajstić information content (AvgIpc) is 2.36. The van der Waals surface area contributed by atoms with Gasteiger partial charge in [0, 0.05) is 6.04 Å². The van der Waals surface area contributed by atoms with Gasteiger partial charge in [0.2, 0.25) is 0 Å². The van der Waals surface area contributed by atoms with Crippen molar-refractivity contribution in [2.75, 3.05) is 19.8 Å². The number of ether oxygens (including phenoxy) is 1. The lowest BCUT2D eigenvalue weighted by atomic mass is 10.1. The van der Waals surface area contributed by atoms with Gasteiger partial charge < -0.3 is 15.2 Å². The molecule has 3 heteroatoms. The van der Waals surface area contributed by atoms with Crippen LogP contribution < -0.4 is 10.1 Å². The van der Waals surface area contributed by atoms with E-state index in [0.717, 1.165) is 25.1 Å². The van der Waals surface area contributed by atoms with Crippen LogP contribution in [-0.4, -0.2) is 30.9 Å². The molecule has 1 aromatic rings. The van der Waals surface area contributed by atoms with E-state index in [1.807, 2.05) is 0 Å². The van der Waals surface area contributed by atoms with E-state index < -0.39 is 0 Å². The fourth-order valence-electron chi connectivity index (χ4n) is 2.30. The maximum absolute atomic E-state index is 9.28. The Hall–Kier alpha value is -1.06. The Labute approximate surface area is 117 Å². The van der Waals surface area contributed by atoms with Crippen molar-refractivity contribution in [3.63, 3.8) is 0 Å². The summed E-state index contributed by atoms with van der Waals surface area (Å²) in [5.74, 6) is 0.984. The first-order chi connectivity index (χ1) is 9.08. The number of nitrogens with one attached hydrogen (secondary N) is 1. The van der Waals surface area contributed by atoms with Gasteiger partial charge in [-0.3, -0.25) is 0 Å². The molecular weight excluding hydrogens is 238 g/mol. The Balaban J connectivity index is 2.48. The highest BCUT2D eigenvalue weighted by atomic mass is 16.5. The first kappa shape index (κ1) is 16.0. The Kier molecular flexibility index (Phi) is 6.89. The van der Waals surface area contributed by atoms with Gasteiger partial charge >= 0.3 is 0 Å². The van der Waals surface area contributed by atoms with Crippen LogP contribution in [0.4, 0.5) is 0 Å². The molecule has 0 aliphatic carbocycles. The lowest BCUT2D eigenvalue weighted by molar-refractivity contribution is 0.208. The van der Waals surface area contributed by atoms with Crippen LogP contribution in [0.5, 0.6) is 5.75 Å². The molecule has 0 radical (unpaired) electrons. The van der Waals surface area contributed by atoms with Gasteiger partial charge in [-0.2, -0.15) is 0 Å². The number of rotatable bonds is 8. The molecule has 0 aliphatic heterocycles. The summed E-state index contributed by atoms with van der Waals surface area (Å²) >= 11 is 0. The predicted molar refractivity (Wildman–Crippen MR) is 79.9 cm³/mol. The second kappa shape index (κ2) is 8.18. The van der Waals surface area contributed by atoms with E-state index in [4.69, 9.17) is 4.74 Å². The van der Waals surface area contributed by atoms with E-state index in [1.165, 1.54) is 16.7 Å². The molecule has 1 unspecified atom stereocenters. The van der Waals surface area contributed by atoms with Crippen molar-refractivity contribution in [3.05, 3.63) is 28.8 Å². The van der Waals surface area contributed by atoms with E-state index in [9.17, 15) is 5.11 Å². The SMILES string of the molecule is CCCNC(CO)CCOc1c(C)cc(C)cc1C. The molecule has 0 fully saturated rings. The zero-order valence-electron chi connectivity index (χ0n) is 12.6. The van der Waals surface area contributed by atoms with Crippen LogP contribution in [0.2, 0.25) is 0 Å². The van der Waals surface area contributed by atoms with Gasteiger partial charge in [-0.15, -0.1) is 0 Å². The molecule has 108 valence electrons. The zero-order valence-corrected chi connectivity index (χ0v) is 12.6. The zero-order chi connectivity index (χ0) is 14.3. The third kappa shape index (κ3) is 5.21. The van der Waals surface area contributed by atoms with E-state index in [2.05, 4.69) is 45.1 Å². The molecule has 3 nitrogen and oxygen atoms in total. The van der Waals surface area contributed by atoms with E-state index in [-0.39, 0.29) is 12.6 Å². The largest absolute Gasteiger partial charge is 0.493 e. The van der Waals surface area contributed by atoms with E-state index >= 15 is 0 Å². The van der Waals surface area contributed by atoms with Crippen molar-refractivity contribution < 1.29 is 9.84 Å². The lowest BCUT2D eigenvalue weighted by Crippen LogP contribution is -2.34. The van der Waals surface area contributed by atoms with Crippen molar-refractivity contribution >= 4 is 0 Å². The quantitative estimate of drug-likeness (QED) is 0.759. The highest BCUT2D eigenvalue weighted by Crippen LogP contribution is 2.24. The predicted octanol–water partition coefficient (Wildman–Crippen LogP) is 2.74. The Morgan fingerprint density at radius 3 is 2.37 bits per heavy atom. The minimum Gasteiger partial charge on any atom is -0.493 e. The van der Waals surface area contributed by atoms with Crippen LogP contribution in [0, 0.1) is 20.8 Å². The minimum atomic E-state index is 0.131. The van der Waals surface area contributed by atoms with Gasteiger partial charge in [0.05, 0.1) is 13.2 Å². The molecule has 0 heterocycles. The number of benzene rings is 1. The van der Waals surface area contributed by atoms with Crippen LogP contribution in [0.15, 0.2) is 12.1 Å². The molecule has 0 aromatic heterocycles. The summed E-state index contributed by atoms with van der Waals surface area (Å²) < 4.78 is 5.88. The highest BCUT2D eigenvalue weighted by Gasteiger charge is 2.08. The third-order valence-corrected chi connectivity index (χ3v) is 3.22. The summed E-state index contributed by atoms with van der Waals surface area (Å²) in [7, 11) is 0. The molecule has 19 heavy (non-hydrogen) atoms. The summed E-state index contributed by atoms with van der Waals surface area (Å²) in [5.41, 5.74) is 3.62. The average molecular weight is 265 g/mol. The van der Waals surface area contributed by atoms with Gasteiger partial charge in [0.1, 0.15) is 5.75 Å². The number of hydrogen-bond donors (Lipinski definition) is 2. The minimum absolute atomic E-state index is 0.131. The number of hydrogen-bond acceptors (Lipinski definition) is 3. The molecule has 0 amide bonds. The summed E-state index contributed by atoms with van der Waals surface area (Å²) in [6, 6.07) is 4.41. The summed E-state index contributed by atoms with van der Waals surface area (Å²) in [5, 5.41) is 12.6. The van der Waals surface area contributed by atoms with E-state index in [0.29, 0.717) is 6.61 Å². The molecule has 2 N–H and O–H groups in total. The topological polar surface area (TPSA) is 41.5 Å². The molecular formula is C16H27NO2.